The summed E-state index contributed by atoms with van der Waals surface area (Å²) in [4.78, 5) is 24.3. The molecule has 0 spiro atoms. The Morgan fingerprint density at radius 2 is 2.00 bits per heavy atom. The summed E-state index contributed by atoms with van der Waals surface area (Å²) in [5.74, 6) is 1.29. The van der Waals surface area contributed by atoms with Crippen LogP contribution in [-0.2, 0) is 18.4 Å². The van der Waals surface area contributed by atoms with E-state index in [4.69, 9.17) is 5.73 Å². The van der Waals surface area contributed by atoms with Crippen molar-refractivity contribution in [2.45, 2.75) is 13.5 Å². The molecule has 1 aliphatic rings. The van der Waals surface area contributed by atoms with Crippen molar-refractivity contribution in [1.82, 2.24) is 29.5 Å². The number of nitrogens with two attached hydrogens (primary N) is 1. The van der Waals surface area contributed by atoms with E-state index in [9.17, 15) is 4.79 Å². The van der Waals surface area contributed by atoms with Crippen molar-refractivity contribution >= 4 is 22.8 Å². The molecule has 0 atom stereocenters. The van der Waals surface area contributed by atoms with Crippen LogP contribution in [0.15, 0.2) is 6.20 Å². The molecule has 0 radical (unpaired) electrons. The third-order valence-electron chi connectivity index (χ3n) is 3.85. The van der Waals surface area contributed by atoms with Crippen LogP contribution in [0.3, 0.4) is 0 Å². The number of rotatable bonds is 2. The number of nitrogens with zero attached hydrogens (tertiary/aromatic N) is 6. The molecular formula is C13H19N7O. The molecule has 21 heavy (non-hydrogen) atoms. The van der Waals surface area contributed by atoms with Crippen molar-refractivity contribution in [2.75, 3.05) is 31.9 Å². The second-order valence-electron chi connectivity index (χ2n) is 5.31. The Bertz CT molecular complexity index is 672. The van der Waals surface area contributed by atoms with Crippen molar-refractivity contribution in [3.8, 4) is 0 Å². The number of anilines is 1. The smallest absolute Gasteiger partial charge is 0.219 e. The Labute approximate surface area is 122 Å². The summed E-state index contributed by atoms with van der Waals surface area (Å²) in [5.41, 5.74) is 6.71. The van der Waals surface area contributed by atoms with Gasteiger partial charge in [-0.05, 0) is 0 Å². The van der Waals surface area contributed by atoms with Crippen LogP contribution < -0.4 is 5.73 Å². The lowest BCUT2D eigenvalue weighted by Gasteiger charge is -2.33. The highest BCUT2D eigenvalue weighted by Gasteiger charge is 2.20. The van der Waals surface area contributed by atoms with Crippen LogP contribution in [0.2, 0.25) is 0 Å². The van der Waals surface area contributed by atoms with Crippen LogP contribution in [0.5, 0.6) is 0 Å². The average Bonchev–Trinajstić information content (AvgIpc) is 2.82. The maximum Gasteiger partial charge on any atom is 0.219 e. The molecule has 0 saturated carbocycles. The molecule has 8 heteroatoms. The summed E-state index contributed by atoms with van der Waals surface area (Å²) in [7, 11) is 1.84. The zero-order valence-electron chi connectivity index (χ0n) is 12.3. The van der Waals surface area contributed by atoms with Crippen molar-refractivity contribution < 1.29 is 4.79 Å². The molecule has 1 fully saturated rings. The van der Waals surface area contributed by atoms with Crippen LogP contribution in [-0.4, -0.2) is 61.6 Å². The first-order valence-electron chi connectivity index (χ1n) is 6.96. The van der Waals surface area contributed by atoms with Gasteiger partial charge in [0.05, 0.1) is 18.1 Å². The SMILES string of the molecule is CC(=O)N1CCN(Cc2nc(N)c3cnn(C)c3n2)CC1. The standard InChI is InChI=1S/C13H19N7O/c1-9(21)20-5-3-19(4-6-20)8-11-16-12(14)10-7-15-18(2)13(10)17-11/h7H,3-6,8H2,1-2H3,(H2,14,16,17). The fourth-order valence-electron chi connectivity index (χ4n) is 2.58. The first-order valence-corrected chi connectivity index (χ1v) is 6.96. The van der Waals surface area contributed by atoms with E-state index in [1.54, 1.807) is 17.8 Å². The minimum atomic E-state index is 0.131. The number of amides is 1. The third-order valence-corrected chi connectivity index (χ3v) is 3.85. The highest BCUT2D eigenvalue weighted by Crippen LogP contribution is 2.17. The van der Waals surface area contributed by atoms with Gasteiger partial charge in [0.2, 0.25) is 5.91 Å². The fourth-order valence-corrected chi connectivity index (χ4v) is 2.58. The lowest BCUT2D eigenvalue weighted by Crippen LogP contribution is -2.47. The van der Waals surface area contributed by atoms with Gasteiger partial charge in [0, 0.05) is 40.2 Å². The Morgan fingerprint density at radius 1 is 1.29 bits per heavy atom. The number of nitrogen functional groups attached to an aromatic ring is 1. The quantitative estimate of drug-likeness (QED) is 0.809. The number of aromatic nitrogens is 4. The minimum Gasteiger partial charge on any atom is -0.383 e. The maximum absolute atomic E-state index is 11.3. The zero-order valence-corrected chi connectivity index (χ0v) is 12.3. The highest BCUT2D eigenvalue weighted by molar-refractivity contribution is 5.84. The number of hydrogen-bond donors (Lipinski definition) is 1. The molecule has 2 aromatic rings. The molecule has 8 nitrogen and oxygen atoms in total. The summed E-state index contributed by atoms with van der Waals surface area (Å²) in [5, 5.41) is 4.93. The van der Waals surface area contributed by atoms with Crippen molar-refractivity contribution in [3.63, 3.8) is 0 Å². The van der Waals surface area contributed by atoms with Crippen LogP contribution >= 0.6 is 0 Å². The Morgan fingerprint density at radius 3 is 2.67 bits per heavy atom. The number of fused-ring (bicyclic) bond motifs is 1. The van der Waals surface area contributed by atoms with E-state index >= 15 is 0 Å². The molecule has 112 valence electrons. The number of piperazine rings is 1. The second kappa shape index (κ2) is 5.28. The van der Waals surface area contributed by atoms with Crippen molar-refractivity contribution in [3.05, 3.63) is 12.0 Å². The first kappa shape index (κ1) is 13.7. The van der Waals surface area contributed by atoms with Gasteiger partial charge in [0.25, 0.3) is 0 Å². The van der Waals surface area contributed by atoms with E-state index in [1.807, 2.05) is 11.9 Å². The largest absolute Gasteiger partial charge is 0.383 e. The van der Waals surface area contributed by atoms with E-state index in [1.165, 1.54) is 0 Å². The van der Waals surface area contributed by atoms with Gasteiger partial charge in [0.1, 0.15) is 11.6 Å². The molecule has 2 N–H and O–H groups in total. The first-order chi connectivity index (χ1) is 10.0. The van der Waals surface area contributed by atoms with Gasteiger partial charge in [-0.15, -0.1) is 0 Å². The summed E-state index contributed by atoms with van der Waals surface area (Å²) >= 11 is 0. The van der Waals surface area contributed by atoms with Crippen LogP contribution in [0.25, 0.3) is 11.0 Å². The molecule has 1 aliphatic heterocycles. The Hall–Kier alpha value is -2.22. The maximum atomic E-state index is 11.3. The molecule has 1 saturated heterocycles. The van der Waals surface area contributed by atoms with Crippen LogP contribution in [0, 0.1) is 0 Å². The van der Waals surface area contributed by atoms with E-state index in [0.717, 1.165) is 37.2 Å². The van der Waals surface area contributed by atoms with Crippen molar-refractivity contribution in [2.24, 2.45) is 7.05 Å². The van der Waals surface area contributed by atoms with Crippen molar-refractivity contribution in [1.29, 1.82) is 0 Å². The van der Waals surface area contributed by atoms with E-state index < -0.39 is 0 Å². The number of aryl methyl sites for hydroxylation is 1. The van der Waals surface area contributed by atoms with Gasteiger partial charge in [0.15, 0.2) is 5.65 Å². The van der Waals surface area contributed by atoms with Gasteiger partial charge >= 0.3 is 0 Å². The monoisotopic (exact) mass is 289 g/mol. The van der Waals surface area contributed by atoms with E-state index in [2.05, 4.69) is 20.0 Å². The number of hydrogen-bond acceptors (Lipinski definition) is 6. The molecular weight excluding hydrogens is 270 g/mol. The predicted molar refractivity (Wildman–Crippen MR) is 78.2 cm³/mol. The average molecular weight is 289 g/mol. The van der Waals surface area contributed by atoms with Gasteiger partial charge < -0.3 is 10.6 Å². The molecule has 3 rings (SSSR count). The zero-order chi connectivity index (χ0) is 15.0. The van der Waals surface area contributed by atoms with Gasteiger partial charge in [-0.1, -0.05) is 0 Å². The van der Waals surface area contributed by atoms with E-state index in [-0.39, 0.29) is 5.91 Å². The lowest BCUT2D eigenvalue weighted by molar-refractivity contribution is -0.130. The molecule has 0 aliphatic carbocycles. The summed E-state index contributed by atoms with van der Waals surface area (Å²) in [6.45, 7) is 5.39. The molecule has 0 aromatic carbocycles. The molecule has 0 unspecified atom stereocenters. The molecule has 3 heterocycles. The normalized spacial score (nSPS) is 16.6. The number of carbonyl (C=O) groups excluding carboxylic acids is 1. The molecule has 0 bridgehead atoms. The van der Waals surface area contributed by atoms with E-state index in [0.29, 0.717) is 18.2 Å². The minimum absolute atomic E-state index is 0.131. The summed E-state index contributed by atoms with van der Waals surface area (Å²) < 4.78 is 1.70. The highest BCUT2D eigenvalue weighted by atomic mass is 16.2. The van der Waals surface area contributed by atoms with Crippen LogP contribution in [0.1, 0.15) is 12.7 Å². The van der Waals surface area contributed by atoms with Gasteiger partial charge in [-0.2, -0.15) is 5.10 Å². The topological polar surface area (TPSA) is 93.2 Å². The summed E-state index contributed by atoms with van der Waals surface area (Å²) in [6, 6.07) is 0. The lowest BCUT2D eigenvalue weighted by atomic mass is 10.3. The third kappa shape index (κ3) is 2.66. The second-order valence-corrected chi connectivity index (χ2v) is 5.31. The number of carbonyl (C=O) groups is 1. The predicted octanol–water partition coefficient (Wildman–Crippen LogP) is -0.390. The van der Waals surface area contributed by atoms with Gasteiger partial charge in [-0.3, -0.25) is 14.4 Å². The summed E-state index contributed by atoms with van der Waals surface area (Å²) in [6.07, 6.45) is 1.68. The molecule has 1 amide bonds. The molecule has 2 aromatic heterocycles. The van der Waals surface area contributed by atoms with Crippen LogP contribution in [0.4, 0.5) is 5.82 Å². The van der Waals surface area contributed by atoms with Gasteiger partial charge in [-0.25, -0.2) is 9.97 Å². The fraction of sp³-hybridized carbons (Fsp3) is 0.538. The Balaban J connectivity index is 1.74. The Kier molecular flexibility index (Phi) is 3.46.